The Bertz CT molecular complexity index is 1650. The van der Waals surface area contributed by atoms with E-state index in [1.807, 2.05) is 6.07 Å². The van der Waals surface area contributed by atoms with Gasteiger partial charge in [0.1, 0.15) is 11.5 Å². The van der Waals surface area contributed by atoms with Crippen molar-refractivity contribution in [3.05, 3.63) is 129 Å². The summed E-state index contributed by atoms with van der Waals surface area (Å²) in [7, 11) is 0. The predicted molar refractivity (Wildman–Crippen MR) is 159 cm³/mol. The van der Waals surface area contributed by atoms with Gasteiger partial charge in [0.25, 0.3) is 11.8 Å². The van der Waals surface area contributed by atoms with E-state index in [4.69, 9.17) is 32.7 Å². The molecule has 11 heteroatoms. The van der Waals surface area contributed by atoms with Gasteiger partial charge in [-0.2, -0.15) is 5.10 Å². The highest BCUT2D eigenvalue weighted by atomic mass is 35.5. The lowest BCUT2D eigenvalue weighted by molar-refractivity contribution is -0.120. The molecule has 0 radical (unpaired) electrons. The Morgan fingerprint density at radius 3 is 2.00 bits per heavy atom. The normalized spacial score (nSPS) is 10.6. The summed E-state index contributed by atoms with van der Waals surface area (Å²) in [4.78, 5) is 50.0. The van der Waals surface area contributed by atoms with E-state index in [0.29, 0.717) is 15.6 Å². The molecule has 0 aliphatic rings. The van der Waals surface area contributed by atoms with E-state index in [0.717, 1.165) is 5.56 Å². The summed E-state index contributed by atoms with van der Waals surface area (Å²) in [6.45, 7) is 1.48. The Kier molecular flexibility index (Phi) is 10.0. The van der Waals surface area contributed by atoms with Crippen LogP contribution in [-0.4, -0.2) is 36.5 Å². The van der Waals surface area contributed by atoms with E-state index in [2.05, 4.69) is 15.8 Å². The topological polar surface area (TPSA) is 123 Å². The smallest absolute Gasteiger partial charge is 0.343 e. The molecule has 0 aliphatic carbocycles. The van der Waals surface area contributed by atoms with E-state index in [-0.39, 0.29) is 34.7 Å². The second-order valence-corrected chi connectivity index (χ2v) is 9.66. The van der Waals surface area contributed by atoms with Gasteiger partial charge in [0.05, 0.1) is 23.9 Å². The lowest BCUT2D eigenvalue weighted by Crippen LogP contribution is -2.35. The maximum atomic E-state index is 12.8. The molecule has 212 valence electrons. The average molecular weight is 604 g/mol. The quantitative estimate of drug-likeness (QED) is 0.111. The van der Waals surface area contributed by atoms with Crippen molar-refractivity contribution in [2.24, 2.45) is 5.10 Å². The Labute approximate surface area is 251 Å². The highest BCUT2D eigenvalue weighted by Gasteiger charge is 2.15. The molecule has 4 rings (SSSR count). The Balaban J connectivity index is 1.47. The minimum absolute atomic E-state index is 0.00205. The van der Waals surface area contributed by atoms with Crippen LogP contribution in [0.2, 0.25) is 10.0 Å². The van der Waals surface area contributed by atoms with Crippen molar-refractivity contribution < 1.29 is 28.7 Å². The highest BCUT2D eigenvalue weighted by Crippen LogP contribution is 2.26. The molecule has 0 aliphatic heterocycles. The number of hydrazone groups is 1. The van der Waals surface area contributed by atoms with E-state index in [9.17, 15) is 19.2 Å². The molecule has 0 atom stereocenters. The lowest BCUT2D eigenvalue weighted by Gasteiger charge is -2.11. The molecule has 0 fully saturated rings. The number of esters is 2. The summed E-state index contributed by atoms with van der Waals surface area (Å²) in [6.07, 6.45) is 1.25. The molecule has 4 aromatic rings. The van der Waals surface area contributed by atoms with E-state index in [1.54, 1.807) is 37.3 Å². The first kappa shape index (κ1) is 30.0. The van der Waals surface area contributed by atoms with Crippen molar-refractivity contribution in [1.29, 1.82) is 0 Å². The molecule has 0 aromatic heterocycles. The van der Waals surface area contributed by atoms with Crippen molar-refractivity contribution in [3.63, 3.8) is 0 Å². The van der Waals surface area contributed by atoms with Gasteiger partial charge in [0, 0.05) is 27.2 Å². The Hall–Kier alpha value is -4.99. The van der Waals surface area contributed by atoms with Crippen LogP contribution in [0.4, 0.5) is 0 Å². The maximum absolute atomic E-state index is 12.8. The number of rotatable bonds is 9. The van der Waals surface area contributed by atoms with Gasteiger partial charge in [0.15, 0.2) is 0 Å². The van der Waals surface area contributed by atoms with Gasteiger partial charge >= 0.3 is 11.9 Å². The number of carbonyl (C=O) groups excluding carboxylic acids is 4. The minimum Gasteiger partial charge on any atom is -0.423 e. The third-order valence-electron chi connectivity index (χ3n) is 5.75. The fraction of sp³-hybridized carbons (Fsp3) is 0.0645. The molecule has 0 saturated heterocycles. The number of hydrogen-bond donors (Lipinski definition) is 2. The fourth-order valence-electron chi connectivity index (χ4n) is 3.57. The van der Waals surface area contributed by atoms with Crippen LogP contribution in [0.15, 0.2) is 96.1 Å². The molecular weight excluding hydrogens is 581 g/mol. The Morgan fingerprint density at radius 2 is 1.38 bits per heavy atom. The fourth-order valence-corrected chi connectivity index (χ4v) is 3.82. The molecule has 0 heterocycles. The van der Waals surface area contributed by atoms with Crippen LogP contribution in [0.1, 0.15) is 42.2 Å². The number of ether oxygens (including phenoxy) is 2. The van der Waals surface area contributed by atoms with Crippen molar-refractivity contribution in [2.75, 3.05) is 6.54 Å². The first-order chi connectivity index (χ1) is 20.2. The van der Waals surface area contributed by atoms with Gasteiger partial charge in [-0.05, 0) is 79.2 Å². The maximum Gasteiger partial charge on any atom is 0.343 e. The van der Waals surface area contributed by atoms with Crippen molar-refractivity contribution >= 4 is 53.2 Å². The summed E-state index contributed by atoms with van der Waals surface area (Å²) in [5, 5.41) is 7.35. The third-order valence-corrected chi connectivity index (χ3v) is 6.25. The van der Waals surface area contributed by atoms with Gasteiger partial charge in [-0.1, -0.05) is 41.4 Å². The van der Waals surface area contributed by atoms with Crippen LogP contribution in [0.5, 0.6) is 11.5 Å². The van der Waals surface area contributed by atoms with Crippen LogP contribution < -0.4 is 20.2 Å². The van der Waals surface area contributed by atoms with Crippen LogP contribution in [0, 0.1) is 6.92 Å². The molecule has 2 N–H and O–H groups in total. The Morgan fingerprint density at radius 1 is 0.786 bits per heavy atom. The summed E-state index contributed by atoms with van der Waals surface area (Å²) in [6, 6.07) is 23.5. The first-order valence-electron chi connectivity index (χ1n) is 12.4. The third kappa shape index (κ3) is 8.26. The predicted octanol–water partition coefficient (Wildman–Crippen LogP) is 5.62. The zero-order chi connectivity index (χ0) is 30.1. The highest BCUT2D eigenvalue weighted by molar-refractivity contribution is 6.31. The number of aryl methyl sites for hydroxylation is 1. The van der Waals surface area contributed by atoms with Crippen molar-refractivity contribution in [3.8, 4) is 11.5 Å². The molecule has 0 spiro atoms. The average Bonchev–Trinajstić information content (AvgIpc) is 2.98. The standard InChI is InChI=1S/C31H23Cl2N3O6/c1-19-4-2-3-5-26(19)29(38)34-18-28(37)36-35-17-22-10-15-25(41-30(39)20-6-11-23(32)12-7-20)16-27(22)42-31(40)21-8-13-24(33)14-9-21/h2-17H,18H2,1H3,(H,34,38)(H,36,37)/b35-17+. The monoisotopic (exact) mass is 603 g/mol. The number of carbonyl (C=O) groups is 4. The van der Waals surface area contributed by atoms with Crippen molar-refractivity contribution in [2.45, 2.75) is 6.92 Å². The van der Waals surface area contributed by atoms with Crippen molar-refractivity contribution in [1.82, 2.24) is 10.7 Å². The number of hydrogen-bond acceptors (Lipinski definition) is 7. The van der Waals surface area contributed by atoms with Crippen LogP contribution in [0.3, 0.4) is 0 Å². The molecular formula is C31H23Cl2N3O6. The molecule has 9 nitrogen and oxygen atoms in total. The number of nitrogens with one attached hydrogen (secondary N) is 2. The molecule has 0 bridgehead atoms. The summed E-state index contributed by atoms with van der Waals surface area (Å²) >= 11 is 11.8. The van der Waals surface area contributed by atoms with Gasteiger partial charge in [-0.15, -0.1) is 0 Å². The summed E-state index contributed by atoms with van der Waals surface area (Å²) in [5.41, 5.74) is 4.32. The number of amides is 2. The van der Waals surface area contributed by atoms with Crippen LogP contribution in [-0.2, 0) is 4.79 Å². The van der Waals surface area contributed by atoms with Crippen LogP contribution >= 0.6 is 23.2 Å². The second-order valence-electron chi connectivity index (χ2n) is 8.78. The largest absolute Gasteiger partial charge is 0.423 e. The molecule has 2 amide bonds. The van der Waals surface area contributed by atoms with E-state index in [1.165, 1.54) is 60.8 Å². The molecule has 0 unspecified atom stereocenters. The van der Waals surface area contributed by atoms with Gasteiger partial charge in [0.2, 0.25) is 0 Å². The van der Waals surface area contributed by atoms with Gasteiger partial charge in [-0.25, -0.2) is 15.0 Å². The SMILES string of the molecule is Cc1ccccc1C(=O)NCC(=O)N/N=C/c1ccc(OC(=O)c2ccc(Cl)cc2)cc1OC(=O)c1ccc(Cl)cc1. The molecule has 42 heavy (non-hydrogen) atoms. The number of benzene rings is 4. The van der Waals surface area contributed by atoms with Gasteiger partial charge in [-0.3, -0.25) is 9.59 Å². The lowest BCUT2D eigenvalue weighted by atomic mass is 10.1. The molecule has 4 aromatic carbocycles. The zero-order valence-electron chi connectivity index (χ0n) is 22.1. The zero-order valence-corrected chi connectivity index (χ0v) is 23.6. The number of nitrogens with zero attached hydrogens (tertiary/aromatic N) is 1. The van der Waals surface area contributed by atoms with Gasteiger partial charge < -0.3 is 14.8 Å². The summed E-state index contributed by atoms with van der Waals surface area (Å²) in [5.74, 6) is -2.24. The van der Waals surface area contributed by atoms with E-state index >= 15 is 0 Å². The van der Waals surface area contributed by atoms with E-state index < -0.39 is 23.8 Å². The number of halogens is 2. The first-order valence-corrected chi connectivity index (χ1v) is 13.2. The summed E-state index contributed by atoms with van der Waals surface area (Å²) < 4.78 is 11.0. The second kappa shape index (κ2) is 14.1. The minimum atomic E-state index is -0.703. The molecule has 0 saturated carbocycles. The van der Waals surface area contributed by atoms with Crippen LogP contribution in [0.25, 0.3) is 0 Å².